The molecule has 42 heavy (non-hydrogen) atoms. The van der Waals surface area contributed by atoms with Gasteiger partial charge in [-0.1, -0.05) is 26.3 Å². The number of aliphatic carboxylic acids is 1. The van der Waals surface area contributed by atoms with Crippen molar-refractivity contribution in [2.45, 2.75) is 89.6 Å². The Kier molecular flexibility index (Phi) is 11.5. The first kappa shape index (κ1) is 32.1. The van der Waals surface area contributed by atoms with Crippen molar-refractivity contribution in [3.8, 4) is 5.75 Å². The molecule has 2 atom stereocenters. The van der Waals surface area contributed by atoms with Crippen molar-refractivity contribution in [3.63, 3.8) is 0 Å². The van der Waals surface area contributed by atoms with Gasteiger partial charge in [-0.05, 0) is 80.3 Å². The van der Waals surface area contributed by atoms with Crippen LogP contribution in [0.15, 0.2) is 24.3 Å². The summed E-state index contributed by atoms with van der Waals surface area (Å²) in [5, 5.41) is 13.6. The number of nitrogens with zero attached hydrogens (tertiary/aromatic N) is 3. The number of carboxylic acid groups (broad SMARTS) is 1. The first-order valence-electron chi connectivity index (χ1n) is 15.3. The maximum atomic E-state index is 14.9. The van der Waals surface area contributed by atoms with Gasteiger partial charge >= 0.3 is 5.97 Å². The van der Waals surface area contributed by atoms with Crippen LogP contribution in [0.25, 0.3) is 0 Å². The van der Waals surface area contributed by atoms with Crippen LogP contribution in [-0.2, 0) is 17.6 Å². The van der Waals surface area contributed by atoms with Crippen molar-refractivity contribution in [1.82, 2.24) is 14.8 Å². The summed E-state index contributed by atoms with van der Waals surface area (Å²) in [4.78, 5) is 21.2. The number of rotatable bonds is 15. The summed E-state index contributed by atoms with van der Waals surface area (Å²) in [6.45, 7) is 6.61. The molecule has 232 valence electrons. The van der Waals surface area contributed by atoms with Crippen molar-refractivity contribution in [2.75, 3.05) is 45.2 Å². The Labute approximate surface area is 247 Å². The number of methoxy groups -OCH3 is 1. The fraction of sp³-hybridized carbons (Fsp3) is 0.625. The van der Waals surface area contributed by atoms with Gasteiger partial charge in [-0.2, -0.15) is 0 Å². The second kappa shape index (κ2) is 15.0. The predicted octanol–water partition coefficient (Wildman–Crippen LogP) is 6.28. The van der Waals surface area contributed by atoms with Gasteiger partial charge in [-0.15, -0.1) is 0 Å². The molecule has 0 unspecified atom stereocenters. The van der Waals surface area contributed by atoms with Gasteiger partial charge in [0.25, 0.3) is 0 Å². The minimum absolute atomic E-state index is 0.00876. The summed E-state index contributed by atoms with van der Waals surface area (Å²) in [6.07, 6.45) is 3.88. The van der Waals surface area contributed by atoms with Gasteiger partial charge in [-0.3, -0.25) is 14.6 Å². The number of nitrogens with one attached hydrogen (secondary N) is 1. The van der Waals surface area contributed by atoms with Crippen molar-refractivity contribution in [3.05, 3.63) is 52.5 Å². The van der Waals surface area contributed by atoms with E-state index in [4.69, 9.17) is 9.72 Å². The van der Waals surface area contributed by atoms with E-state index in [0.29, 0.717) is 37.2 Å². The third-order valence-electron chi connectivity index (χ3n) is 8.53. The van der Waals surface area contributed by atoms with Crippen LogP contribution in [0.2, 0.25) is 0 Å². The number of aryl methyl sites for hydroxylation is 2. The molecule has 1 aromatic heterocycles. The highest BCUT2D eigenvalue weighted by atomic mass is 19.3. The standard InChI is InChI=1S/C32H45F3N4O3/c1-21(2)23-18-26(30(42-3)27(33)19-23)29(32(40)41)39-16-12-25(20-39)38(17-13-28(34)35)15-6-4-5-9-24-11-10-22-8-7-14-36-31(22)37-24/h10-11,18-19,21,25,28-29H,4-9,12-17,20H2,1-3H3,(H,36,37)(H,40,41)/t25-,29+/m0/s1. The van der Waals surface area contributed by atoms with Crippen molar-refractivity contribution in [2.24, 2.45) is 0 Å². The molecule has 2 N–H and O–H groups in total. The van der Waals surface area contributed by atoms with E-state index in [-0.39, 0.29) is 30.7 Å². The highest BCUT2D eigenvalue weighted by Gasteiger charge is 2.38. The summed E-state index contributed by atoms with van der Waals surface area (Å²) >= 11 is 0. The number of pyridine rings is 1. The normalized spacial score (nSPS) is 18.0. The Bertz CT molecular complexity index is 1200. The van der Waals surface area contributed by atoms with Gasteiger partial charge in [0, 0.05) is 49.9 Å². The van der Waals surface area contributed by atoms with Gasteiger partial charge in [0.1, 0.15) is 11.9 Å². The Morgan fingerprint density at radius 2 is 2.02 bits per heavy atom. The lowest BCUT2D eigenvalue weighted by Gasteiger charge is -2.31. The van der Waals surface area contributed by atoms with E-state index < -0.39 is 24.3 Å². The molecule has 0 saturated carbocycles. The maximum Gasteiger partial charge on any atom is 0.325 e. The zero-order valence-corrected chi connectivity index (χ0v) is 25.1. The summed E-state index contributed by atoms with van der Waals surface area (Å²) in [5.41, 5.74) is 3.33. The van der Waals surface area contributed by atoms with E-state index in [9.17, 15) is 23.1 Å². The van der Waals surface area contributed by atoms with E-state index in [1.165, 1.54) is 18.7 Å². The lowest BCUT2D eigenvalue weighted by Crippen LogP contribution is -2.41. The number of benzene rings is 1. The average molecular weight is 591 g/mol. The molecular weight excluding hydrogens is 545 g/mol. The van der Waals surface area contributed by atoms with E-state index in [1.54, 1.807) is 6.07 Å². The summed E-state index contributed by atoms with van der Waals surface area (Å²) < 4.78 is 46.7. The molecule has 10 heteroatoms. The van der Waals surface area contributed by atoms with Gasteiger partial charge in [-0.25, -0.2) is 18.2 Å². The average Bonchev–Trinajstić information content (AvgIpc) is 3.43. The molecule has 1 fully saturated rings. The number of hydrogen-bond acceptors (Lipinski definition) is 6. The van der Waals surface area contributed by atoms with Crippen LogP contribution in [0.3, 0.4) is 0 Å². The zero-order chi connectivity index (χ0) is 30.2. The first-order valence-corrected chi connectivity index (χ1v) is 15.3. The number of hydrogen-bond donors (Lipinski definition) is 2. The molecule has 2 aromatic rings. The molecule has 2 aliphatic heterocycles. The van der Waals surface area contributed by atoms with Crippen molar-refractivity contribution in [1.29, 1.82) is 0 Å². The lowest BCUT2D eigenvalue weighted by atomic mass is 9.95. The van der Waals surface area contributed by atoms with Crippen molar-refractivity contribution >= 4 is 11.8 Å². The van der Waals surface area contributed by atoms with Gasteiger partial charge < -0.3 is 15.2 Å². The fourth-order valence-electron chi connectivity index (χ4n) is 6.22. The molecule has 0 spiro atoms. The Balaban J connectivity index is 1.38. The van der Waals surface area contributed by atoms with E-state index in [2.05, 4.69) is 22.3 Å². The molecule has 0 radical (unpaired) electrons. The number of carbonyl (C=O) groups is 1. The third kappa shape index (κ3) is 8.16. The van der Waals surface area contributed by atoms with Crippen LogP contribution >= 0.6 is 0 Å². The minimum atomic E-state index is -2.40. The van der Waals surface area contributed by atoms with Crippen LogP contribution in [0.5, 0.6) is 5.75 Å². The fourth-order valence-corrected chi connectivity index (χ4v) is 6.22. The van der Waals surface area contributed by atoms with Gasteiger partial charge in [0.05, 0.1) is 7.11 Å². The topological polar surface area (TPSA) is 77.9 Å². The predicted molar refractivity (Wildman–Crippen MR) is 158 cm³/mol. The number of fused-ring (bicyclic) bond motifs is 1. The molecule has 2 aliphatic rings. The number of anilines is 1. The van der Waals surface area contributed by atoms with Crippen LogP contribution in [0.1, 0.15) is 86.7 Å². The number of likely N-dealkylation sites (tertiary alicyclic amines) is 1. The molecular formula is C32H45F3N4O3. The minimum Gasteiger partial charge on any atom is -0.493 e. The number of alkyl halides is 2. The Hall–Kier alpha value is -2.85. The molecule has 7 nitrogen and oxygen atoms in total. The van der Waals surface area contributed by atoms with E-state index >= 15 is 0 Å². The smallest absolute Gasteiger partial charge is 0.325 e. The monoisotopic (exact) mass is 590 g/mol. The largest absolute Gasteiger partial charge is 0.493 e. The van der Waals surface area contributed by atoms with Crippen molar-refractivity contribution < 1.29 is 27.8 Å². The summed E-state index contributed by atoms with van der Waals surface area (Å²) in [6, 6.07) is 6.24. The molecule has 3 heterocycles. The number of aromatic nitrogens is 1. The second-order valence-electron chi connectivity index (χ2n) is 11.8. The first-order chi connectivity index (χ1) is 20.2. The summed E-state index contributed by atoms with van der Waals surface area (Å²) in [7, 11) is 1.34. The molecule has 1 aromatic carbocycles. The molecule has 1 saturated heterocycles. The SMILES string of the molecule is COc1c(F)cc(C(C)C)cc1[C@H](C(=O)O)N1CC[C@H](N(CCCCCc2ccc3c(n2)NCCC3)CCC(F)F)C1. The Morgan fingerprint density at radius 3 is 2.74 bits per heavy atom. The molecule has 4 rings (SSSR count). The number of carboxylic acids is 1. The highest BCUT2D eigenvalue weighted by Crippen LogP contribution is 2.37. The van der Waals surface area contributed by atoms with Crippen LogP contribution < -0.4 is 10.1 Å². The highest BCUT2D eigenvalue weighted by molar-refractivity contribution is 5.77. The third-order valence-corrected chi connectivity index (χ3v) is 8.53. The quantitative estimate of drug-likeness (QED) is 0.237. The van der Waals surface area contributed by atoms with Gasteiger partial charge in [0.2, 0.25) is 6.43 Å². The number of ether oxygens (including phenoxy) is 1. The molecule has 0 amide bonds. The summed E-state index contributed by atoms with van der Waals surface area (Å²) in [5.74, 6) is -0.720. The van der Waals surface area contributed by atoms with Crippen LogP contribution in [0, 0.1) is 5.82 Å². The van der Waals surface area contributed by atoms with E-state index in [1.807, 2.05) is 18.7 Å². The van der Waals surface area contributed by atoms with E-state index in [0.717, 1.165) is 56.6 Å². The Morgan fingerprint density at radius 1 is 1.21 bits per heavy atom. The van der Waals surface area contributed by atoms with Crippen LogP contribution in [0.4, 0.5) is 19.0 Å². The zero-order valence-electron chi connectivity index (χ0n) is 25.1. The molecule has 0 aliphatic carbocycles. The lowest BCUT2D eigenvalue weighted by molar-refractivity contribution is -0.143. The van der Waals surface area contributed by atoms with Gasteiger partial charge in [0.15, 0.2) is 11.6 Å². The van der Waals surface area contributed by atoms with Crippen LogP contribution in [-0.4, -0.2) is 78.2 Å². The number of halogens is 3. The maximum absolute atomic E-state index is 14.9. The number of unbranched alkanes of at least 4 members (excludes halogenated alkanes) is 2. The molecule has 0 bridgehead atoms. The second-order valence-corrected chi connectivity index (χ2v) is 11.8.